The lowest BCUT2D eigenvalue weighted by atomic mass is 10.1. The van der Waals surface area contributed by atoms with E-state index in [2.05, 4.69) is 5.32 Å². The highest BCUT2D eigenvalue weighted by Gasteiger charge is 2.32. The number of amides is 2. The minimum atomic E-state index is -4.17. The maximum Gasteiger partial charge on any atom is 0.264 e. The number of carbonyl (C=O) groups excluding carboxylic acids is 2. The van der Waals surface area contributed by atoms with Gasteiger partial charge in [0, 0.05) is 13.1 Å². The first-order chi connectivity index (χ1) is 17.1. The van der Waals surface area contributed by atoms with Gasteiger partial charge in [0.2, 0.25) is 11.8 Å². The van der Waals surface area contributed by atoms with Crippen LogP contribution >= 0.6 is 0 Å². The first-order valence-electron chi connectivity index (χ1n) is 11.6. The van der Waals surface area contributed by atoms with E-state index in [1.807, 2.05) is 31.2 Å². The van der Waals surface area contributed by atoms with Crippen LogP contribution in [0.2, 0.25) is 0 Å². The summed E-state index contributed by atoms with van der Waals surface area (Å²) in [6.45, 7) is 5.23. The maximum absolute atomic E-state index is 13.7. The van der Waals surface area contributed by atoms with Gasteiger partial charge in [0.05, 0.1) is 10.6 Å². The minimum Gasteiger partial charge on any atom is -0.355 e. The predicted octanol–water partition coefficient (Wildman–Crippen LogP) is 3.88. The van der Waals surface area contributed by atoms with Crippen molar-refractivity contribution in [3.05, 3.63) is 95.8 Å². The Morgan fingerprint density at radius 3 is 2.25 bits per heavy atom. The molecule has 2 amide bonds. The molecule has 0 bridgehead atoms. The molecule has 0 saturated heterocycles. The Labute approximate surface area is 211 Å². The van der Waals surface area contributed by atoms with Gasteiger partial charge in [0.1, 0.15) is 18.4 Å². The lowest BCUT2D eigenvalue weighted by Crippen LogP contribution is -2.51. The van der Waals surface area contributed by atoms with E-state index >= 15 is 0 Å². The van der Waals surface area contributed by atoms with Crippen LogP contribution in [0.25, 0.3) is 0 Å². The van der Waals surface area contributed by atoms with Crippen molar-refractivity contribution in [3.8, 4) is 0 Å². The summed E-state index contributed by atoms with van der Waals surface area (Å²) >= 11 is 0. The molecule has 0 radical (unpaired) electrons. The summed E-state index contributed by atoms with van der Waals surface area (Å²) in [5.41, 5.74) is 1.93. The second kappa shape index (κ2) is 11.8. The molecule has 3 aromatic carbocycles. The maximum atomic E-state index is 13.7. The monoisotopic (exact) mass is 511 g/mol. The fraction of sp³-hybridized carbons (Fsp3) is 0.259. The average Bonchev–Trinajstić information content (AvgIpc) is 2.86. The third kappa shape index (κ3) is 6.48. The number of likely N-dealkylation sites (N-methyl/N-ethyl adjacent to an activating group) is 1. The smallest absolute Gasteiger partial charge is 0.264 e. The van der Waals surface area contributed by atoms with Crippen molar-refractivity contribution in [2.24, 2.45) is 0 Å². The molecule has 0 aliphatic heterocycles. The highest BCUT2D eigenvalue weighted by molar-refractivity contribution is 7.92. The number of hydrogen-bond donors (Lipinski definition) is 1. The summed E-state index contributed by atoms with van der Waals surface area (Å²) in [4.78, 5) is 27.7. The van der Waals surface area contributed by atoms with Crippen LogP contribution in [0.4, 0.5) is 10.1 Å². The zero-order chi connectivity index (χ0) is 26.3. The molecule has 0 heterocycles. The predicted molar refractivity (Wildman–Crippen MR) is 137 cm³/mol. The molecule has 1 N–H and O–H groups in total. The quantitative estimate of drug-likeness (QED) is 0.448. The summed E-state index contributed by atoms with van der Waals surface area (Å²) in [5.74, 6) is -1.45. The summed E-state index contributed by atoms with van der Waals surface area (Å²) in [7, 11) is -4.17. The fourth-order valence-electron chi connectivity index (χ4n) is 3.77. The van der Waals surface area contributed by atoms with E-state index in [1.165, 1.54) is 29.2 Å². The van der Waals surface area contributed by atoms with Gasteiger partial charge in [0.25, 0.3) is 10.0 Å². The molecule has 0 aromatic heterocycles. The summed E-state index contributed by atoms with van der Waals surface area (Å²) < 4.78 is 41.7. The van der Waals surface area contributed by atoms with Crippen molar-refractivity contribution >= 4 is 27.5 Å². The summed E-state index contributed by atoms with van der Waals surface area (Å²) in [6.07, 6.45) is 0. The van der Waals surface area contributed by atoms with E-state index in [4.69, 9.17) is 0 Å². The van der Waals surface area contributed by atoms with Gasteiger partial charge < -0.3 is 10.2 Å². The van der Waals surface area contributed by atoms with Crippen molar-refractivity contribution < 1.29 is 22.4 Å². The van der Waals surface area contributed by atoms with Gasteiger partial charge >= 0.3 is 0 Å². The summed E-state index contributed by atoms with van der Waals surface area (Å²) in [6, 6.07) is 19.3. The minimum absolute atomic E-state index is 0.0101. The van der Waals surface area contributed by atoms with Crippen LogP contribution in [0, 0.1) is 12.7 Å². The van der Waals surface area contributed by atoms with E-state index in [0.717, 1.165) is 27.6 Å². The number of nitrogens with one attached hydrogen (secondary N) is 1. The zero-order valence-electron chi connectivity index (χ0n) is 20.5. The number of carbonyl (C=O) groups is 2. The third-order valence-electron chi connectivity index (χ3n) is 5.68. The Balaban J connectivity index is 2.01. The normalized spacial score (nSPS) is 12.0. The molecule has 0 aliphatic rings. The highest BCUT2D eigenvalue weighted by atomic mass is 32.2. The highest BCUT2D eigenvalue weighted by Crippen LogP contribution is 2.25. The number of halogens is 1. The van der Waals surface area contributed by atoms with Gasteiger partial charge in [-0.05, 0) is 62.7 Å². The number of nitrogens with zero attached hydrogens (tertiary/aromatic N) is 2. The number of hydrogen-bond acceptors (Lipinski definition) is 4. The molecular weight excluding hydrogens is 481 g/mol. The van der Waals surface area contributed by atoms with E-state index in [1.54, 1.807) is 32.0 Å². The molecule has 3 aromatic rings. The molecule has 3 rings (SSSR count). The molecule has 36 heavy (non-hydrogen) atoms. The molecule has 9 heteroatoms. The van der Waals surface area contributed by atoms with Crippen molar-refractivity contribution in [2.75, 3.05) is 17.4 Å². The van der Waals surface area contributed by atoms with Crippen LogP contribution in [0.3, 0.4) is 0 Å². The standard InChI is InChI=1S/C27H30FN3O4S/c1-4-29-27(33)21(3)30(18-22-10-8-9-20(2)17-22)26(32)19-31(24-15-13-23(28)14-16-24)36(34,35)25-11-6-5-7-12-25/h5-17,21H,4,18-19H2,1-3H3,(H,29,33)/t21-/m1/s1. The molecule has 190 valence electrons. The van der Waals surface area contributed by atoms with E-state index in [-0.39, 0.29) is 23.0 Å². The van der Waals surface area contributed by atoms with Crippen LogP contribution in [-0.4, -0.2) is 44.3 Å². The topological polar surface area (TPSA) is 86.8 Å². The SMILES string of the molecule is CCNC(=O)[C@@H](C)N(Cc1cccc(C)c1)C(=O)CN(c1ccc(F)cc1)S(=O)(=O)c1ccccc1. The van der Waals surface area contributed by atoms with Gasteiger partial charge in [-0.2, -0.15) is 0 Å². The Morgan fingerprint density at radius 1 is 0.972 bits per heavy atom. The Morgan fingerprint density at radius 2 is 1.64 bits per heavy atom. The van der Waals surface area contributed by atoms with Crippen LogP contribution in [0.15, 0.2) is 83.8 Å². The van der Waals surface area contributed by atoms with Crippen LogP contribution in [-0.2, 0) is 26.2 Å². The van der Waals surface area contributed by atoms with Crippen LogP contribution < -0.4 is 9.62 Å². The molecule has 0 spiro atoms. The number of rotatable bonds is 10. The first kappa shape index (κ1) is 26.9. The number of sulfonamides is 1. The molecular formula is C27H30FN3O4S. The fourth-order valence-corrected chi connectivity index (χ4v) is 5.20. The second-order valence-electron chi connectivity index (χ2n) is 8.38. The third-order valence-corrected chi connectivity index (χ3v) is 7.47. The van der Waals surface area contributed by atoms with Crippen LogP contribution in [0.1, 0.15) is 25.0 Å². The molecule has 0 saturated carbocycles. The van der Waals surface area contributed by atoms with Gasteiger partial charge in [-0.3, -0.25) is 13.9 Å². The zero-order valence-corrected chi connectivity index (χ0v) is 21.3. The molecule has 0 fully saturated rings. The molecule has 0 aliphatic carbocycles. The average molecular weight is 512 g/mol. The van der Waals surface area contributed by atoms with Gasteiger partial charge in [-0.1, -0.05) is 48.0 Å². The first-order valence-corrected chi connectivity index (χ1v) is 13.0. The van der Waals surface area contributed by atoms with Crippen molar-refractivity contribution in [1.29, 1.82) is 0 Å². The summed E-state index contributed by atoms with van der Waals surface area (Å²) in [5, 5.41) is 2.72. The second-order valence-corrected chi connectivity index (χ2v) is 10.2. The Kier molecular flexibility index (Phi) is 8.82. The van der Waals surface area contributed by atoms with Crippen molar-refractivity contribution in [2.45, 2.75) is 38.3 Å². The van der Waals surface area contributed by atoms with E-state index < -0.39 is 34.3 Å². The number of anilines is 1. The van der Waals surface area contributed by atoms with Gasteiger partial charge in [0.15, 0.2) is 0 Å². The molecule has 7 nitrogen and oxygen atoms in total. The van der Waals surface area contributed by atoms with Crippen molar-refractivity contribution in [3.63, 3.8) is 0 Å². The van der Waals surface area contributed by atoms with E-state index in [9.17, 15) is 22.4 Å². The van der Waals surface area contributed by atoms with E-state index in [0.29, 0.717) is 6.54 Å². The largest absolute Gasteiger partial charge is 0.355 e. The number of benzene rings is 3. The Hall–Kier alpha value is -3.72. The van der Waals surface area contributed by atoms with Gasteiger partial charge in [-0.15, -0.1) is 0 Å². The molecule has 1 atom stereocenters. The Bertz CT molecular complexity index is 1300. The molecule has 0 unspecified atom stereocenters. The van der Waals surface area contributed by atoms with Crippen LogP contribution in [0.5, 0.6) is 0 Å². The number of aryl methyl sites for hydroxylation is 1. The van der Waals surface area contributed by atoms with Crippen molar-refractivity contribution in [1.82, 2.24) is 10.2 Å². The lowest BCUT2D eigenvalue weighted by molar-refractivity contribution is -0.139. The van der Waals surface area contributed by atoms with Gasteiger partial charge in [-0.25, -0.2) is 12.8 Å². The lowest BCUT2D eigenvalue weighted by Gasteiger charge is -2.32.